The highest BCUT2D eigenvalue weighted by atomic mass is 35.5. The van der Waals surface area contributed by atoms with E-state index >= 15 is 0 Å². The third-order valence-corrected chi connectivity index (χ3v) is 4.10. The maximum absolute atomic E-state index is 11.2. The van der Waals surface area contributed by atoms with Crippen molar-refractivity contribution in [1.29, 1.82) is 0 Å². The van der Waals surface area contributed by atoms with Gasteiger partial charge < -0.3 is 10.0 Å². The highest BCUT2D eigenvalue weighted by molar-refractivity contribution is 6.30. The van der Waals surface area contributed by atoms with Crippen LogP contribution in [0.2, 0.25) is 5.15 Å². The van der Waals surface area contributed by atoms with Crippen LogP contribution in [0.25, 0.3) is 16.3 Å². The SMILES string of the molecule is C=C(C(=O)O)c1cnc(N2CCC2C)c2cnc(Cl)cc12. The fourth-order valence-electron chi connectivity index (χ4n) is 2.51. The second-order valence-electron chi connectivity index (χ2n) is 5.16. The number of hydrogen-bond acceptors (Lipinski definition) is 4. The van der Waals surface area contributed by atoms with Gasteiger partial charge in [0.1, 0.15) is 11.0 Å². The standard InChI is InChI=1S/C15H14ClN3O2/c1-8-3-4-19(8)14-12-7-17-13(16)5-10(12)11(6-18-14)9(2)15(20)21/h5-8H,2-4H2,1H3,(H,20,21). The van der Waals surface area contributed by atoms with Crippen LogP contribution in [0.4, 0.5) is 5.82 Å². The molecule has 2 aromatic heterocycles. The van der Waals surface area contributed by atoms with Crippen molar-refractivity contribution in [3.8, 4) is 0 Å². The number of rotatable bonds is 3. The number of carboxylic acid groups (broad SMARTS) is 1. The summed E-state index contributed by atoms with van der Waals surface area (Å²) in [5, 5.41) is 11.0. The number of hydrogen-bond donors (Lipinski definition) is 1. The number of anilines is 1. The number of halogens is 1. The molecule has 2 aromatic rings. The minimum Gasteiger partial charge on any atom is -0.478 e. The second kappa shape index (κ2) is 5.00. The van der Waals surface area contributed by atoms with E-state index in [1.807, 2.05) is 0 Å². The van der Waals surface area contributed by atoms with Crippen LogP contribution < -0.4 is 4.90 Å². The molecule has 3 heterocycles. The predicted octanol–water partition coefficient (Wildman–Crippen LogP) is 2.98. The molecule has 21 heavy (non-hydrogen) atoms. The van der Waals surface area contributed by atoms with E-state index in [0.717, 1.165) is 24.2 Å². The average molecular weight is 304 g/mol. The van der Waals surface area contributed by atoms with Gasteiger partial charge in [-0.05, 0) is 24.8 Å². The van der Waals surface area contributed by atoms with Gasteiger partial charge in [-0.3, -0.25) is 0 Å². The summed E-state index contributed by atoms with van der Waals surface area (Å²) in [5.74, 6) is -0.258. The van der Waals surface area contributed by atoms with Crippen LogP contribution in [-0.4, -0.2) is 33.6 Å². The zero-order chi connectivity index (χ0) is 15.1. The quantitative estimate of drug-likeness (QED) is 0.697. The molecule has 6 heteroatoms. The van der Waals surface area contributed by atoms with Gasteiger partial charge in [0.15, 0.2) is 0 Å². The first-order valence-electron chi connectivity index (χ1n) is 6.62. The molecule has 1 aliphatic rings. The number of aliphatic carboxylic acids is 1. The van der Waals surface area contributed by atoms with E-state index < -0.39 is 5.97 Å². The van der Waals surface area contributed by atoms with E-state index in [1.165, 1.54) is 0 Å². The Morgan fingerprint density at radius 1 is 1.43 bits per heavy atom. The molecule has 0 spiro atoms. The van der Waals surface area contributed by atoms with Crippen LogP contribution >= 0.6 is 11.6 Å². The van der Waals surface area contributed by atoms with Crippen molar-refractivity contribution in [1.82, 2.24) is 9.97 Å². The molecule has 0 amide bonds. The Hall–Kier alpha value is -2.14. The first kappa shape index (κ1) is 13.8. The third-order valence-electron chi connectivity index (χ3n) is 3.89. The molecule has 1 atom stereocenters. The highest BCUT2D eigenvalue weighted by Crippen LogP contribution is 2.34. The number of nitrogens with zero attached hydrogens (tertiary/aromatic N) is 3. The van der Waals surface area contributed by atoms with Gasteiger partial charge in [0, 0.05) is 35.9 Å². The van der Waals surface area contributed by atoms with Gasteiger partial charge in [-0.2, -0.15) is 0 Å². The Morgan fingerprint density at radius 2 is 2.19 bits per heavy atom. The van der Waals surface area contributed by atoms with Crippen LogP contribution in [0.15, 0.2) is 25.0 Å². The zero-order valence-corrected chi connectivity index (χ0v) is 12.3. The molecule has 0 radical (unpaired) electrons. The van der Waals surface area contributed by atoms with Crippen molar-refractivity contribution in [2.45, 2.75) is 19.4 Å². The molecule has 108 valence electrons. The van der Waals surface area contributed by atoms with Crippen LogP contribution in [0, 0.1) is 0 Å². The van der Waals surface area contributed by atoms with Crippen LogP contribution in [-0.2, 0) is 4.79 Å². The Morgan fingerprint density at radius 3 is 2.76 bits per heavy atom. The van der Waals surface area contributed by atoms with Crippen LogP contribution in [0.1, 0.15) is 18.9 Å². The van der Waals surface area contributed by atoms with Gasteiger partial charge in [0.05, 0.1) is 5.57 Å². The van der Waals surface area contributed by atoms with Gasteiger partial charge in [-0.25, -0.2) is 14.8 Å². The lowest BCUT2D eigenvalue weighted by Gasteiger charge is -2.40. The summed E-state index contributed by atoms with van der Waals surface area (Å²) in [7, 11) is 0. The van der Waals surface area contributed by atoms with Crippen molar-refractivity contribution < 1.29 is 9.90 Å². The van der Waals surface area contributed by atoms with E-state index in [0.29, 0.717) is 22.1 Å². The number of aromatic nitrogens is 2. The summed E-state index contributed by atoms with van der Waals surface area (Å²) < 4.78 is 0. The van der Waals surface area contributed by atoms with Crippen molar-refractivity contribution in [2.75, 3.05) is 11.4 Å². The normalized spacial score (nSPS) is 17.6. The summed E-state index contributed by atoms with van der Waals surface area (Å²) in [6.45, 7) is 6.68. The number of carboxylic acids is 1. The molecule has 0 aromatic carbocycles. The summed E-state index contributed by atoms with van der Waals surface area (Å²) in [5.41, 5.74) is 0.469. The zero-order valence-electron chi connectivity index (χ0n) is 11.5. The van der Waals surface area contributed by atoms with E-state index in [9.17, 15) is 4.79 Å². The summed E-state index contributed by atoms with van der Waals surface area (Å²) >= 11 is 5.96. The van der Waals surface area contributed by atoms with Gasteiger partial charge in [-0.15, -0.1) is 0 Å². The fourth-order valence-corrected chi connectivity index (χ4v) is 2.67. The van der Waals surface area contributed by atoms with Crippen molar-refractivity contribution in [2.24, 2.45) is 0 Å². The molecular weight excluding hydrogens is 290 g/mol. The lowest BCUT2D eigenvalue weighted by atomic mass is 10.00. The van der Waals surface area contributed by atoms with Crippen molar-refractivity contribution in [3.05, 3.63) is 35.8 Å². The molecule has 0 bridgehead atoms. The Labute approximate surface area is 126 Å². The topological polar surface area (TPSA) is 66.3 Å². The molecule has 0 aliphatic carbocycles. The monoisotopic (exact) mass is 303 g/mol. The third kappa shape index (κ3) is 2.23. The Kier molecular flexibility index (Phi) is 3.29. The summed E-state index contributed by atoms with van der Waals surface area (Å²) in [6.07, 6.45) is 4.31. The Bertz CT molecular complexity index is 760. The fraction of sp³-hybridized carbons (Fsp3) is 0.267. The minimum atomic E-state index is -1.07. The molecule has 1 fully saturated rings. The lowest BCUT2D eigenvalue weighted by molar-refractivity contribution is -0.130. The van der Waals surface area contributed by atoms with Gasteiger partial charge in [-0.1, -0.05) is 18.2 Å². The molecule has 1 aliphatic heterocycles. The Balaban J connectivity index is 2.23. The van der Waals surface area contributed by atoms with Crippen molar-refractivity contribution in [3.63, 3.8) is 0 Å². The molecule has 3 rings (SSSR count). The van der Waals surface area contributed by atoms with Crippen LogP contribution in [0.5, 0.6) is 0 Å². The molecular formula is C15H14ClN3O2. The summed E-state index contributed by atoms with van der Waals surface area (Å²) in [4.78, 5) is 21.9. The van der Waals surface area contributed by atoms with Crippen LogP contribution in [0.3, 0.4) is 0 Å². The summed E-state index contributed by atoms with van der Waals surface area (Å²) in [6, 6.07) is 2.08. The lowest BCUT2D eigenvalue weighted by Crippen LogP contribution is -2.46. The van der Waals surface area contributed by atoms with E-state index in [4.69, 9.17) is 16.7 Å². The average Bonchev–Trinajstić information content (AvgIpc) is 2.44. The second-order valence-corrected chi connectivity index (χ2v) is 5.55. The van der Waals surface area contributed by atoms with Gasteiger partial charge >= 0.3 is 5.97 Å². The van der Waals surface area contributed by atoms with E-state index in [-0.39, 0.29) is 5.57 Å². The maximum Gasteiger partial charge on any atom is 0.335 e. The van der Waals surface area contributed by atoms with E-state index in [2.05, 4.69) is 28.4 Å². The first-order valence-corrected chi connectivity index (χ1v) is 7.00. The molecule has 1 saturated heterocycles. The first-order chi connectivity index (χ1) is 9.99. The molecule has 0 saturated carbocycles. The molecule has 1 N–H and O–H groups in total. The van der Waals surface area contributed by atoms with Gasteiger partial charge in [0.2, 0.25) is 0 Å². The smallest absolute Gasteiger partial charge is 0.335 e. The van der Waals surface area contributed by atoms with Crippen molar-refractivity contribution >= 4 is 39.7 Å². The maximum atomic E-state index is 11.2. The molecule has 5 nitrogen and oxygen atoms in total. The van der Waals surface area contributed by atoms with E-state index in [1.54, 1.807) is 18.5 Å². The predicted molar refractivity (Wildman–Crippen MR) is 82.6 cm³/mol. The minimum absolute atomic E-state index is 0.00188. The number of carbonyl (C=O) groups is 1. The largest absolute Gasteiger partial charge is 0.478 e. The number of pyridine rings is 2. The molecule has 1 unspecified atom stereocenters. The highest BCUT2D eigenvalue weighted by Gasteiger charge is 2.27. The number of fused-ring (bicyclic) bond motifs is 1. The van der Waals surface area contributed by atoms with Gasteiger partial charge in [0.25, 0.3) is 0 Å².